The number of hydrogen-bond donors (Lipinski definition) is 3. The van der Waals surface area contributed by atoms with Gasteiger partial charge in [-0.15, -0.1) is 0 Å². The molecule has 2 heterocycles. The zero-order valence-electron chi connectivity index (χ0n) is 12.9. The van der Waals surface area contributed by atoms with Crippen LogP contribution in [0.25, 0.3) is 0 Å². The molecule has 0 spiro atoms. The Labute approximate surface area is 137 Å². The molecule has 3 rings (SSSR count). The van der Waals surface area contributed by atoms with Crippen LogP contribution >= 0.6 is 0 Å². The zero-order valence-corrected chi connectivity index (χ0v) is 12.9. The number of imide groups is 1. The Kier molecular flexibility index (Phi) is 3.82. The number of hydrogen-bond acceptors (Lipinski definition) is 5. The standard InChI is InChI=1S/C16H18N2O6/c19-11-4-5-12(20)17(11)9-16(15(23)24)8-2-1-3-10(16)18-13(21)6-7-14(18)22/h4-7,10,21-22H,1-3,8-9H2,(H,23,24). The lowest BCUT2D eigenvalue weighted by Crippen LogP contribution is -2.51. The fourth-order valence-corrected chi connectivity index (χ4v) is 3.71. The summed E-state index contributed by atoms with van der Waals surface area (Å²) in [4.78, 5) is 36.8. The number of carbonyl (C=O) groups is 3. The molecule has 2 unspecified atom stereocenters. The van der Waals surface area contributed by atoms with E-state index >= 15 is 0 Å². The Hall–Kier alpha value is -2.77. The Morgan fingerprint density at radius 1 is 1.12 bits per heavy atom. The minimum Gasteiger partial charge on any atom is -0.494 e. The van der Waals surface area contributed by atoms with Gasteiger partial charge in [-0.25, -0.2) is 0 Å². The van der Waals surface area contributed by atoms with E-state index in [4.69, 9.17) is 0 Å². The van der Waals surface area contributed by atoms with Crippen LogP contribution in [-0.2, 0) is 14.4 Å². The second-order valence-electron chi connectivity index (χ2n) is 6.24. The van der Waals surface area contributed by atoms with Crippen LogP contribution in [-0.4, -0.2) is 49.1 Å². The van der Waals surface area contributed by atoms with Crippen LogP contribution in [0.2, 0.25) is 0 Å². The average molecular weight is 334 g/mol. The second-order valence-corrected chi connectivity index (χ2v) is 6.24. The van der Waals surface area contributed by atoms with E-state index in [1.54, 1.807) is 0 Å². The lowest BCUT2D eigenvalue weighted by Gasteiger charge is -2.43. The van der Waals surface area contributed by atoms with Gasteiger partial charge in [0.1, 0.15) is 5.41 Å². The minimum atomic E-state index is -1.47. The van der Waals surface area contributed by atoms with Crippen molar-refractivity contribution in [1.29, 1.82) is 0 Å². The smallest absolute Gasteiger partial charge is 0.313 e. The third-order valence-corrected chi connectivity index (χ3v) is 4.94. The topological polar surface area (TPSA) is 120 Å². The first-order valence-corrected chi connectivity index (χ1v) is 7.73. The predicted molar refractivity (Wildman–Crippen MR) is 81.2 cm³/mol. The molecule has 2 aliphatic rings. The van der Waals surface area contributed by atoms with Crippen LogP contribution in [0, 0.1) is 5.41 Å². The van der Waals surface area contributed by atoms with E-state index in [2.05, 4.69) is 0 Å². The summed E-state index contributed by atoms with van der Waals surface area (Å²) in [6.45, 7) is -0.297. The normalized spacial score (nSPS) is 27.0. The Morgan fingerprint density at radius 3 is 2.25 bits per heavy atom. The third-order valence-electron chi connectivity index (χ3n) is 4.94. The summed E-state index contributed by atoms with van der Waals surface area (Å²) in [6, 6.07) is 1.80. The molecule has 24 heavy (non-hydrogen) atoms. The van der Waals surface area contributed by atoms with Crippen LogP contribution in [0.4, 0.5) is 0 Å². The molecule has 8 heteroatoms. The number of nitrogens with zero attached hydrogens (tertiary/aromatic N) is 2. The molecule has 1 fully saturated rings. The third kappa shape index (κ3) is 2.34. The molecule has 3 N–H and O–H groups in total. The summed E-state index contributed by atoms with van der Waals surface area (Å²) in [5.41, 5.74) is -1.47. The quantitative estimate of drug-likeness (QED) is 0.707. The fourth-order valence-electron chi connectivity index (χ4n) is 3.71. The van der Waals surface area contributed by atoms with Gasteiger partial charge in [-0.05, 0) is 12.8 Å². The molecule has 0 saturated heterocycles. The molecule has 1 aromatic heterocycles. The van der Waals surface area contributed by atoms with Gasteiger partial charge in [-0.1, -0.05) is 12.8 Å². The molecule has 0 radical (unpaired) electrons. The van der Waals surface area contributed by atoms with E-state index in [1.807, 2.05) is 0 Å². The summed E-state index contributed by atoms with van der Waals surface area (Å²) in [5.74, 6) is -2.76. The average Bonchev–Trinajstić information content (AvgIpc) is 3.04. The highest BCUT2D eigenvalue weighted by molar-refractivity contribution is 6.13. The first-order chi connectivity index (χ1) is 11.4. The number of carboxylic acid groups (broad SMARTS) is 1. The number of aromatic nitrogens is 1. The van der Waals surface area contributed by atoms with E-state index in [0.29, 0.717) is 12.8 Å². The van der Waals surface area contributed by atoms with E-state index in [0.717, 1.165) is 23.5 Å². The van der Waals surface area contributed by atoms with Crippen molar-refractivity contribution in [3.8, 4) is 11.8 Å². The fraction of sp³-hybridized carbons (Fsp3) is 0.438. The molecular weight excluding hydrogens is 316 g/mol. The van der Waals surface area contributed by atoms with E-state index in [9.17, 15) is 29.7 Å². The maximum absolute atomic E-state index is 12.2. The second kappa shape index (κ2) is 5.70. The SMILES string of the molecule is O=C1C=CC(=O)N1CC1(C(=O)O)CCCCC1n1c(O)ccc1O. The molecule has 1 saturated carbocycles. The predicted octanol–water partition coefficient (Wildman–Crippen LogP) is 1.01. The van der Waals surface area contributed by atoms with E-state index in [1.165, 1.54) is 16.7 Å². The highest BCUT2D eigenvalue weighted by Crippen LogP contribution is 2.49. The first kappa shape index (κ1) is 16.1. The summed E-state index contributed by atoms with van der Waals surface area (Å²) < 4.78 is 1.17. The molecule has 1 aliphatic carbocycles. The molecular formula is C16H18N2O6. The lowest BCUT2D eigenvalue weighted by atomic mass is 9.69. The molecule has 2 amide bonds. The van der Waals surface area contributed by atoms with Crippen molar-refractivity contribution in [2.45, 2.75) is 31.7 Å². The Bertz CT molecular complexity index is 699. The van der Waals surface area contributed by atoms with Gasteiger partial charge in [0.15, 0.2) is 11.8 Å². The number of carboxylic acids is 1. The molecule has 8 nitrogen and oxygen atoms in total. The molecule has 128 valence electrons. The molecule has 1 aliphatic heterocycles. The summed E-state index contributed by atoms with van der Waals surface area (Å²) in [5, 5.41) is 30.0. The van der Waals surface area contributed by atoms with E-state index in [-0.39, 0.29) is 24.7 Å². The monoisotopic (exact) mass is 334 g/mol. The van der Waals surface area contributed by atoms with Crippen LogP contribution < -0.4 is 0 Å². The van der Waals surface area contributed by atoms with Crippen molar-refractivity contribution in [2.24, 2.45) is 5.41 Å². The number of carbonyl (C=O) groups excluding carboxylic acids is 2. The first-order valence-electron chi connectivity index (χ1n) is 7.73. The van der Waals surface area contributed by atoms with Crippen molar-refractivity contribution in [2.75, 3.05) is 6.54 Å². The lowest BCUT2D eigenvalue weighted by molar-refractivity contribution is -0.158. The van der Waals surface area contributed by atoms with Gasteiger partial charge in [0.2, 0.25) is 0 Å². The molecule has 1 aromatic rings. The number of aliphatic carboxylic acids is 1. The van der Waals surface area contributed by atoms with Gasteiger partial charge < -0.3 is 15.3 Å². The van der Waals surface area contributed by atoms with Crippen LogP contribution in [0.5, 0.6) is 11.8 Å². The Balaban J connectivity index is 2.04. The van der Waals surface area contributed by atoms with E-state index < -0.39 is 29.2 Å². The van der Waals surface area contributed by atoms with Gasteiger partial charge in [-0.2, -0.15) is 0 Å². The largest absolute Gasteiger partial charge is 0.494 e. The molecule has 2 atom stereocenters. The molecule has 0 aromatic carbocycles. The van der Waals surface area contributed by atoms with Crippen molar-refractivity contribution in [3.05, 3.63) is 24.3 Å². The van der Waals surface area contributed by atoms with Crippen LogP contribution in [0.3, 0.4) is 0 Å². The van der Waals surface area contributed by atoms with Crippen molar-refractivity contribution in [3.63, 3.8) is 0 Å². The number of rotatable bonds is 4. The number of aromatic hydroxyl groups is 2. The van der Waals surface area contributed by atoms with Crippen LogP contribution in [0.15, 0.2) is 24.3 Å². The van der Waals surface area contributed by atoms with Gasteiger partial charge in [-0.3, -0.25) is 23.9 Å². The summed E-state index contributed by atoms with van der Waals surface area (Å²) in [7, 11) is 0. The summed E-state index contributed by atoms with van der Waals surface area (Å²) >= 11 is 0. The van der Waals surface area contributed by atoms with Crippen molar-refractivity contribution >= 4 is 17.8 Å². The number of amides is 2. The van der Waals surface area contributed by atoms with Crippen molar-refractivity contribution < 1.29 is 29.7 Å². The van der Waals surface area contributed by atoms with Gasteiger partial charge in [0, 0.05) is 30.8 Å². The van der Waals surface area contributed by atoms with Crippen molar-refractivity contribution in [1.82, 2.24) is 9.47 Å². The Morgan fingerprint density at radius 2 is 1.71 bits per heavy atom. The van der Waals surface area contributed by atoms with Gasteiger partial charge in [0.05, 0.1) is 6.04 Å². The van der Waals surface area contributed by atoms with Gasteiger partial charge >= 0.3 is 5.97 Å². The van der Waals surface area contributed by atoms with Crippen LogP contribution in [0.1, 0.15) is 31.7 Å². The van der Waals surface area contributed by atoms with Gasteiger partial charge in [0.25, 0.3) is 11.8 Å². The summed E-state index contributed by atoms with van der Waals surface area (Å²) in [6.07, 6.45) is 4.21. The maximum atomic E-state index is 12.2. The molecule has 0 bridgehead atoms. The highest BCUT2D eigenvalue weighted by Gasteiger charge is 2.52. The minimum absolute atomic E-state index is 0.237. The maximum Gasteiger partial charge on any atom is 0.313 e. The highest BCUT2D eigenvalue weighted by atomic mass is 16.4. The zero-order chi connectivity index (χ0) is 17.5.